The van der Waals surface area contributed by atoms with Crippen LogP contribution in [0, 0.1) is 0 Å². The second-order valence-corrected chi connectivity index (χ2v) is 5.98. The van der Waals surface area contributed by atoms with Crippen LogP contribution in [0.25, 0.3) is 11.1 Å². The number of aryl methyl sites for hydroxylation is 1. The van der Waals surface area contributed by atoms with E-state index < -0.39 is 0 Å². The molecule has 4 heteroatoms. The zero-order valence-corrected chi connectivity index (χ0v) is 14.0. The third kappa shape index (κ3) is 5.06. The Morgan fingerprint density at radius 3 is 2.12 bits per heavy atom. The summed E-state index contributed by atoms with van der Waals surface area (Å²) in [4.78, 5) is 0. The summed E-state index contributed by atoms with van der Waals surface area (Å²) in [6.45, 7) is 5.36. The van der Waals surface area contributed by atoms with Crippen molar-refractivity contribution in [1.82, 2.24) is 0 Å². The molecule has 128 valence electrons. The van der Waals surface area contributed by atoms with E-state index in [-0.39, 0.29) is 0 Å². The van der Waals surface area contributed by atoms with Crippen molar-refractivity contribution in [1.29, 1.82) is 0 Å². The van der Waals surface area contributed by atoms with Crippen LogP contribution in [-0.2, 0) is 20.6 Å². The van der Waals surface area contributed by atoms with Crippen LogP contribution in [0.1, 0.15) is 12.5 Å². The molecule has 4 nitrogen and oxygen atoms in total. The fourth-order valence-electron chi connectivity index (χ4n) is 2.48. The summed E-state index contributed by atoms with van der Waals surface area (Å²) in [6, 6.07) is 15.7. The molecule has 2 atom stereocenters. The third-order valence-corrected chi connectivity index (χ3v) is 3.98. The van der Waals surface area contributed by atoms with Gasteiger partial charge in [0.15, 0.2) is 0 Å². The summed E-state index contributed by atoms with van der Waals surface area (Å²) in [7, 11) is 0. The molecule has 0 bridgehead atoms. The van der Waals surface area contributed by atoms with Crippen molar-refractivity contribution in [2.45, 2.75) is 25.6 Å². The molecule has 0 spiro atoms. The molecule has 1 N–H and O–H groups in total. The molecule has 0 aromatic heterocycles. The highest BCUT2D eigenvalue weighted by Crippen LogP contribution is 2.32. The highest BCUT2D eigenvalue weighted by molar-refractivity contribution is 5.73. The fraction of sp³-hybridized carbons (Fsp3) is 0.400. The van der Waals surface area contributed by atoms with Crippen LogP contribution in [-0.4, -0.2) is 43.7 Å². The predicted molar refractivity (Wildman–Crippen MR) is 93.2 cm³/mol. The molecule has 4 rings (SSSR count). The van der Waals surface area contributed by atoms with Gasteiger partial charge in [0.1, 0.15) is 18.0 Å². The Labute approximate surface area is 143 Å². The highest BCUT2D eigenvalue weighted by atomic mass is 16.6. The molecular weight excluding hydrogens is 304 g/mol. The molecule has 2 heterocycles. The summed E-state index contributed by atoms with van der Waals surface area (Å²) < 4.78 is 15.1. The van der Waals surface area contributed by atoms with Gasteiger partial charge in [0, 0.05) is 5.56 Å². The van der Waals surface area contributed by atoms with Gasteiger partial charge in [-0.15, -0.1) is 0 Å². The Bertz CT molecular complexity index is 621. The van der Waals surface area contributed by atoms with Crippen LogP contribution >= 0.6 is 0 Å². The Morgan fingerprint density at radius 2 is 1.58 bits per heavy atom. The highest BCUT2D eigenvalue weighted by Gasteiger charge is 2.26. The van der Waals surface area contributed by atoms with Crippen molar-refractivity contribution >= 4 is 0 Å². The van der Waals surface area contributed by atoms with Crippen molar-refractivity contribution in [3.05, 3.63) is 54.1 Å². The predicted octanol–water partition coefficient (Wildman–Crippen LogP) is 3.42. The summed E-state index contributed by atoms with van der Waals surface area (Å²) in [5, 5.41) is 9.88. The molecule has 0 radical (unpaired) electrons. The molecule has 2 fully saturated rings. The van der Waals surface area contributed by atoms with E-state index in [1.165, 1.54) is 5.56 Å². The van der Waals surface area contributed by atoms with Gasteiger partial charge in [-0.05, 0) is 23.6 Å². The average molecular weight is 328 g/mol. The number of benzene rings is 2. The van der Waals surface area contributed by atoms with Crippen LogP contribution < -0.4 is 0 Å². The first-order chi connectivity index (χ1) is 11.8. The van der Waals surface area contributed by atoms with Gasteiger partial charge in [0.2, 0.25) is 0 Å². The van der Waals surface area contributed by atoms with Crippen molar-refractivity contribution in [3.63, 3.8) is 0 Å². The van der Waals surface area contributed by atoms with E-state index in [4.69, 9.17) is 14.2 Å². The van der Waals surface area contributed by atoms with E-state index in [1.54, 1.807) is 6.07 Å². The van der Waals surface area contributed by atoms with Crippen molar-refractivity contribution in [3.8, 4) is 16.9 Å². The lowest BCUT2D eigenvalue weighted by atomic mass is 9.97. The average Bonchev–Trinajstić information content (AvgIpc) is 3.51. The minimum absolute atomic E-state index is 0.362. The number of aromatic hydroxyl groups is 1. The number of hydrogen-bond donors (Lipinski definition) is 1. The Hall–Kier alpha value is -1.88. The third-order valence-electron chi connectivity index (χ3n) is 3.98. The first kappa shape index (κ1) is 17.0. The smallest absolute Gasteiger partial charge is 0.123 e. The maximum absolute atomic E-state index is 9.88. The van der Waals surface area contributed by atoms with E-state index in [0.717, 1.165) is 44.0 Å². The molecule has 0 saturated carbocycles. The topological polar surface area (TPSA) is 54.5 Å². The zero-order valence-electron chi connectivity index (χ0n) is 14.0. The van der Waals surface area contributed by atoms with Crippen LogP contribution in [0.4, 0.5) is 0 Å². The van der Waals surface area contributed by atoms with Gasteiger partial charge < -0.3 is 19.3 Å². The van der Waals surface area contributed by atoms with Gasteiger partial charge in [-0.25, -0.2) is 0 Å². The molecule has 0 amide bonds. The fourth-order valence-corrected chi connectivity index (χ4v) is 2.48. The van der Waals surface area contributed by atoms with E-state index in [2.05, 4.69) is 13.0 Å². The summed E-state index contributed by atoms with van der Waals surface area (Å²) in [5.74, 6) is 0.362. The largest absolute Gasteiger partial charge is 0.507 e. The molecule has 2 unspecified atom stereocenters. The number of epoxide rings is 2. The standard InChI is InChI=1S/C14H14O.C6H10O3/c1-2-11-9-6-10-13(15)14(11)12-7-4-3-5-8-12;1(5-3-8-5)7-2-6-4-9-6/h3-10,15H,2H2,1H3;5-6H,1-4H2. The summed E-state index contributed by atoms with van der Waals surface area (Å²) in [5.41, 5.74) is 3.22. The summed E-state index contributed by atoms with van der Waals surface area (Å²) in [6.07, 6.45) is 1.71. The minimum Gasteiger partial charge on any atom is -0.507 e. The molecule has 2 aliphatic rings. The van der Waals surface area contributed by atoms with E-state index in [9.17, 15) is 5.11 Å². The molecule has 2 aromatic rings. The lowest BCUT2D eigenvalue weighted by Gasteiger charge is -2.09. The molecule has 2 aliphatic heterocycles. The van der Waals surface area contributed by atoms with Crippen LogP contribution in [0.3, 0.4) is 0 Å². The minimum atomic E-state index is 0.362. The van der Waals surface area contributed by atoms with Gasteiger partial charge >= 0.3 is 0 Å². The number of ether oxygens (including phenoxy) is 3. The van der Waals surface area contributed by atoms with Gasteiger partial charge in [-0.3, -0.25) is 0 Å². The van der Waals surface area contributed by atoms with Gasteiger partial charge in [0.25, 0.3) is 0 Å². The van der Waals surface area contributed by atoms with Gasteiger partial charge in [-0.1, -0.05) is 49.4 Å². The maximum atomic E-state index is 9.88. The lowest BCUT2D eigenvalue weighted by Crippen LogP contribution is -2.06. The van der Waals surface area contributed by atoms with Crippen molar-refractivity contribution in [2.75, 3.05) is 26.4 Å². The Balaban J connectivity index is 0.000000159. The molecule has 2 aromatic carbocycles. The summed E-state index contributed by atoms with van der Waals surface area (Å²) >= 11 is 0. The van der Waals surface area contributed by atoms with E-state index >= 15 is 0 Å². The molecular formula is C20H24O4. The number of rotatable bonds is 6. The quantitative estimate of drug-likeness (QED) is 0.826. The number of hydrogen-bond acceptors (Lipinski definition) is 4. The zero-order chi connectivity index (χ0) is 16.8. The van der Waals surface area contributed by atoms with E-state index in [1.807, 2.05) is 36.4 Å². The maximum Gasteiger partial charge on any atom is 0.123 e. The van der Waals surface area contributed by atoms with Crippen LogP contribution in [0.2, 0.25) is 0 Å². The molecule has 2 saturated heterocycles. The second-order valence-electron chi connectivity index (χ2n) is 5.98. The monoisotopic (exact) mass is 328 g/mol. The van der Waals surface area contributed by atoms with Crippen molar-refractivity contribution in [2.24, 2.45) is 0 Å². The molecule has 24 heavy (non-hydrogen) atoms. The first-order valence-electron chi connectivity index (χ1n) is 8.45. The van der Waals surface area contributed by atoms with Crippen LogP contribution in [0.5, 0.6) is 5.75 Å². The van der Waals surface area contributed by atoms with Gasteiger partial charge in [-0.2, -0.15) is 0 Å². The number of phenolic OH excluding ortho intramolecular Hbond substituents is 1. The Morgan fingerprint density at radius 1 is 0.958 bits per heavy atom. The normalized spacial score (nSPS) is 20.9. The van der Waals surface area contributed by atoms with Crippen molar-refractivity contribution < 1.29 is 19.3 Å². The SMILES string of the molecule is C(OCC1CO1)C1CO1.CCc1cccc(O)c1-c1ccccc1. The van der Waals surface area contributed by atoms with E-state index in [0.29, 0.717) is 18.0 Å². The van der Waals surface area contributed by atoms with Gasteiger partial charge in [0.05, 0.1) is 26.4 Å². The van der Waals surface area contributed by atoms with Crippen LogP contribution in [0.15, 0.2) is 48.5 Å². The number of phenols is 1. The first-order valence-corrected chi connectivity index (χ1v) is 8.45. The lowest BCUT2D eigenvalue weighted by molar-refractivity contribution is 0.102. The molecule has 0 aliphatic carbocycles. The second kappa shape index (κ2) is 8.29. The Kier molecular flexibility index (Phi) is 5.86.